The predicted octanol–water partition coefficient (Wildman–Crippen LogP) is 2.32. The van der Waals surface area contributed by atoms with Crippen molar-refractivity contribution in [3.05, 3.63) is 71.0 Å². The molecule has 1 aliphatic heterocycles. The van der Waals surface area contributed by atoms with Crippen molar-refractivity contribution >= 4 is 35.2 Å². The van der Waals surface area contributed by atoms with E-state index in [1.807, 2.05) is 0 Å². The van der Waals surface area contributed by atoms with Crippen molar-refractivity contribution in [2.24, 2.45) is 0 Å². The van der Waals surface area contributed by atoms with Gasteiger partial charge >= 0.3 is 0 Å². The minimum atomic E-state index is -0.541. The predicted molar refractivity (Wildman–Crippen MR) is 94.0 cm³/mol. The first kappa shape index (κ1) is 16.8. The molecule has 0 aromatic heterocycles. The van der Waals surface area contributed by atoms with Crippen molar-refractivity contribution in [3.63, 3.8) is 0 Å². The van der Waals surface area contributed by atoms with Crippen LogP contribution >= 0.6 is 12.2 Å². The zero-order valence-electron chi connectivity index (χ0n) is 12.9. The van der Waals surface area contributed by atoms with Crippen molar-refractivity contribution in [1.29, 1.82) is 0 Å². The van der Waals surface area contributed by atoms with E-state index in [1.54, 1.807) is 36.4 Å². The van der Waals surface area contributed by atoms with E-state index in [-0.39, 0.29) is 23.1 Å². The molecule has 0 saturated carbocycles. The van der Waals surface area contributed by atoms with Gasteiger partial charge in [-0.1, -0.05) is 24.3 Å². The third-order valence-electron chi connectivity index (χ3n) is 3.43. The summed E-state index contributed by atoms with van der Waals surface area (Å²) >= 11 is 4.74. The summed E-state index contributed by atoms with van der Waals surface area (Å²) in [5, 5.41) is 4.74. The Labute approximate surface area is 148 Å². The van der Waals surface area contributed by atoms with E-state index in [2.05, 4.69) is 10.6 Å². The van der Waals surface area contributed by atoms with Gasteiger partial charge in [0.05, 0.1) is 0 Å². The summed E-state index contributed by atoms with van der Waals surface area (Å²) in [5.74, 6) is -0.808. The third-order valence-corrected chi connectivity index (χ3v) is 3.63. The highest BCUT2D eigenvalue weighted by Crippen LogP contribution is 2.17. The van der Waals surface area contributed by atoms with Crippen LogP contribution in [0, 0.1) is 5.82 Å². The Kier molecular flexibility index (Phi) is 4.85. The molecule has 5 nitrogen and oxygen atoms in total. The second-order valence-corrected chi connectivity index (χ2v) is 5.69. The maximum absolute atomic E-state index is 13.1. The van der Waals surface area contributed by atoms with E-state index >= 15 is 0 Å². The number of ether oxygens (including phenoxy) is 1. The Bertz CT molecular complexity index is 856. The molecule has 1 aliphatic rings. The Morgan fingerprint density at radius 3 is 2.36 bits per heavy atom. The molecule has 2 aromatic rings. The van der Waals surface area contributed by atoms with E-state index in [9.17, 15) is 14.0 Å². The van der Waals surface area contributed by atoms with Crippen molar-refractivity contribution in [2.75, 3.05) is 0 Å². The molecular weight excluding hydrogens is 343 g/mol. The van der Waals surface area contributed by atoms with Gasteiger partial charge in [-0.15, -0.1) is 0 Å². The van der Waals surface area contributed by atoms with Gasteiger partial charge in [-0.2, -0.15) is 0 Å². The van der Waals surface area contributed by atoms with E-state index in [1.165, 1.54) is 18.2 Å². The number of carbonyl (C=O) groups is 2. The second kappa shape index (κ2) is 7.23. The van der Waals surface area contributed by atoms with Gasteiger partial charge in [0.1, 0.15) is 23.7 Å². The van der Waals surface area contributed by atoms with E-state index in [4.69, 9.17) is 17.0 Å². The van der Waals surface area contributed by atoms with Crippen molar-refractivity contribution in [2.45, 2.75) is 6.61 Å². The molecule has 2 N–H and O–H groups in total. The number of amides is 2. The summed E-state index contributed by atoms with van der Waals surface area (Å²) in [7, 11) is 0. The van der Waals surface area contributed by atoms with Gasteiger partial charge in [-0.3, -0.25) is 20.2 Å². The molecule has 1 heterocycles. The lowest BCUT2D eigenvalue weighted by molar-refractivity contribution is -0.123. The van der Waals surface area contributed by atoms with E-state index < -0.39 is 11.8 Å². The molecule has 1 saturated heterocycles. The highest BCUT2D eigenvalue weighted by Gasteiger charge is 2.25. The summed E-state index contributed by atoms with van der Waals surface area (Å²) in [6, 6.07) is 13.0. The first-order valence-electron chi connectivity index (χ1n) is 7.37. The molecule has 126 valence electrons. The van der Waals surface area contributed by atoms with Gasteiger partial charge < -0.3 is 4.74 Å². The number of thiocarbonyl (C=S) groups is 1. The molecule has 0 radical (unpaired) electrons. The van der Waals surface area contributed by atoms with Crippen LogP contribution in [0.4, 0.5) is 4.39 Å². The van der Waals surface area contributed by atoms with Gasteiger partial charge in [0.15, 0.2) is 5.11 Å². The Hall–Kier alpha value is -3.06. The fourth-order valence-electron chi connectivity index (χ4n) is 2.23. The van der Waals surface area contributed by atoms with Gasteiger partial charge in [0, 0.05) is 0 Å². The van der Waals surface area contributed by atoms with Gasteiger partial charge in [-0.25, -0.2) is 4.39 Å². The standard InChI is InChI=1S/C18H13FN2O3S/c19-13-3-1-2-12(8-13)10-24-14-6-4-11(5-7-14)9-15-16(22)20-18(25)21-17(15)23/h1-9H,10H2,(H2,20,21,22,23,25). The maximum atomic E-state index is 13.1. The molecule has 7 heteroatoms. The van der Waals surface area contributed by atoms with Crippen molar-refractivity contribution in [3.8, 4) is 5.75 Å². The minimum Gasteiger partial charge on any atom is -0.489 e. The molecule has 0 unspecified atom stereocenters. The minimum absolute atomic E-state index is 0.00625. The SMILES string of the molecule is O=C1NC(=S)NC(=O)C1=Cc1ccc(OCc2cccc(F)c2)cc1. The van der Waals surface area contributed by atoms with Crippen LogP contribution in [0.1, 0.15) is 11.1 Å². The summed E-state index contributed by atoms with van der Waals surface area (Å²) < 4.78 is 18.7. The fourth-order valence-corrected chi connectivity index (χ4v) is 2.41. The number of hydrogen-bond donors (Lipinski definition) is 2. The topological polar surface area (TPSA) is 67.4 Å². The highest BCUT2D eigenvalue weighted by atomic mass is 32.1. The molecular formula is C18H13FN2O3S. The molecule has 2 amide bonds. The second-order valence-electron chi connectivity index (χ2n) is 5.28. The Morgan fingerprint density at radius 2 is 1.72 bits per heavy atom. The van der Waals surface area contributed by atoms with Crippen molar-refractivity contribution < 1.29 is 18.7 Å². The van der Waals surface area contributed by atoms with Crippen LogP contribution in [-0.4, -0.2) is 16.9 Å². The molecule has 2 aromatic carbocycles. The lowest BCUT2D eigenvalue weighted by Gasteiger charge is -2.16. The number of rotatable bonds is 4. The quantitative estimate of drug-likeness (QED) is 0.501. The number of carbonyl (C=O) groups excluding carboxylic acids is 2. The first-order chi connectivity index (χ1) is 12.0. The number of hydrogen-bond acceptors (Lipinski definition) is 4. The van der Waals surface area contributed by atoms with Crippen LogP contribution in [-0.2, 0) is 16.2 Å². The maximum Gasteiger partial charge on any atom is 0.263 e. The van der Waals surface area contributed by atoms with Crippen LogP contribution in [0.5, 0.6) is 5.75 Å². The Morgan fingerprint density at radius 1 is 1.04 bits per heavy atom. The first-order valence-corrected chi connectivity index (χ1v) is 7.78. The number of halogens is 1. The summed E-state index contributed by atoms with van der Waals surface area (Å²) in [6.07, 6.45) is 1.46. The van der Waals surface area contributed by atoms with Crippen LogP contribution in [0.3, 0.4) is 0 Å². The number of benzene rings is 2. The van der Waals surface area contributed by atoms with Crippen LogP contribution in [0.15, 0.2) is 54.1 Å². The molecule has 25 heavy (non-hydrogen) atoms. The van der Waals surface area contributed by atoms with Crippen molar-refractivity contribution in [1.82, 2.24) is 10.6 Å². The molecule has 0 bridgehead atoms. The zero-order chi connectivity index (χ0) is 17.8. The largest absolute Gasteiger partial charge is 0.489 e. The smallest absolute Gasteiger partial charge is 0.263 e. The van der Waals surface area contributed by atoms with Gasteiger partial charge in [0.25, 0.3) is 11.8 Å². The molecule has 0 aliphatic carbocycles. The average Bonchev–Trinajstić information content (AvgIpc) is 2.57. The molecule has 0 spiro atoms. The lowest BCUT2D eigenvalue weighted by Crippen LogP contribution is -2.51. The monoisotopic (exact) mass is 356 g/mol. The summed E-state index contributed by atoms with van der Waals surface area (Å²) in [6.45, 7) is 0.237. The van der Waals surface area contributed by atoms with Gasteiger partial charge in [0.2, 0.25) is 0 Å². The molecule has 0 atom stereocenters. The van der Waals surface area contributed by atoms with Crippen LogP contribution < -0.4 is 15.4 Å². The molecule has 3 rings (SSSR count). The zero-order valence-corrected chi connectivity index (χ0v) is 13.7. The summed E-state index contributed by atoms with van der Waals surface area (Å²) in [5.41, 5.74) is 1.35. The van der Waals surface area contributed by atoms with E-state index in [0.717, 1.165) is 5.56 Å². The van der Waals surface area contributed by atoms with E-state index in [0.29, 0.717) is 11.3 Å². The third kappa shape index (κ3) is 4.27. The van der Waals surface area contributed by atoms with Gasteiger partial charge in [-0.05, 0) is 53.7 Å². The number of nitrogens with one attached hydrogen (secondary N) is 2. The average molecular weight is 356 g/mol. The highest BCUT2D eigenvalue weighted by molar-refractivity contribution is 7.80. The summed E-state index contributed by atoms with van der Waals surface area (Å²) in [4.78, 5) is 23.6. The normalized spacial score (nSPS) is 14.0. The van der Waals surface area contributed by atoms with Crippen LogP contribution in [0.25, 0.3) is 6.08 Å². The Balaban J connectivity index is 1.68. The lowest BCUT2D eigenvalue weighted by atomic mass is 10.1. The fraction of sp³-hybridized carbons (Fsp3) is 0.0556. The van der Waals surface area contributed by atoms with Crippen LogP contribution in [0.2, 0.25) is 0 Å². The molecule has 1 fully saturated rings.